The molecular weight excluding hydrogens is 264 g/mol. The minimum atomic E-state index is -1.03. The molecule has 1 unspecified atom stereocenters. The Labute approximate surface area is 116 Å². The molecule has 0 spiro atoms. The second-order valence-corrected chi connectivity index (χ2v) is 4.61. The lowest BCUT2D eigenvalue weighted by molar-refractivity contribution is -0.384. The number of non-ortho nitro benzene ring substituents is 1. The maximum Gasteiger partial charge on any atom is 0.325 e. The van der Waals surface area contributed by atoms with Crippen LogP contribution in [0.3, 0.4) is 0 Å². The molecule has 0 radical (unpaired) electrons. The van der Waals surface area contributed by atoms with Crippen molar-refractivity contribution in [2.75, 3.05) is 13.7 Å². The fourth-order valence-corrected chi connectivity index (χ4v) is 1.63. The van der Waals surface area contributed by atoms with Gasteiger partial charge in [0, 0.05) is 12.1 Å². The summed E-state index contributed by atoms with van der Waals surface area (Å²) < 4.78 is 10.0. The minimum Gasteiger partial charge on any atom is -0.494 e. The monoisotopic (exact) mass is 282 g/mol. The number of benzene rings is 1. The number of nitrogens with zero attached hydrogens (tertiary/aromatic N) is 1. The summed E-state index contributed by atoms with van der Waals surface area (Å²) >= 11 is 0. The van der Waals surface area contributed by atoms with Crippen LogP contribution in [-0.2, 0) is 9.53 Å². The van der Waals surface area contributed by atoms with Gasteiger partial charge in [0.1, 0.15) is 11.3 Å². The molecule has 0 aliphatic carbocycles. The summed E-state index contributed by atoms with van der Waals surface area (Å²) in [5, 5.41) is 10.5. The number of hydrogen-bond donors (Lipinski definition) is 1. The van der Waals surface area contributed by atoms with Crippen LogP contribution >= 0.6 is 0 Å². The second-order valence-electron chi connectivity index (χ2n) is 4.61. The fraction of sp³-hybridized carbons (Fsp3) is 0.462. The van der Waals surface area contributed by atoms with Crippen LogP contribution in [0.2, 0.25) is 0 Å². The summed E-state index contributed by atoms with van der Waals surface area (Å²) in [6.07, 6.45) is 0.992. The molecule has 20 heavy (non-hydrogen) atoms. The van der Waals surface area contributed by atoms with Gasteiger partial charge in [0.05, 0.1) is 18.6 Å². The van der Waals surface area contributed by atoms with Gasteiger partial charge in [-0.1, -0.05) is 0 Å². The number of carbonyl (C=O) groups excluding carboxylic acids is 1. The molecular formula is C13H18N2O5. The van der Waals surface area contributed by atoms with E-state index < -0.39 is 16.4 Å². The molecule has 1 aromatic rings. The number of nitro benzene ring substituents is 1. The zero-order valence-electron chi connectivity index (χ0n) is 11.5. The number of hydrogen-bond acceptors (Lipinski definition) is 6. The normalized spacial score (nSPS) is 13.3. The third kappa shape index (κ3) is 4.51. The number of nitrogens with two attached hydrogens (primary N) is 1. The lowest BCUT2D eigenvalue weighted by Crippen LogP contribution is -2.45. The number of carbonyl (C=O) groups is 1. The van der Waals surface area contributed by atoms with Crippen LogP contribution in [0.25, 0.3) is 0 Å². The van der Waals surface area contributed by atoms with Gasteiger partial charge in [0.15, 0.2) is 0 Å². The Morgan fingerprint density at radius 3 is 2.50 bits per heavy atom. The maximum atomic E-state index is 11.3. The quantitative estimate of drug-likeness (QED) is 0.353. The molecule has 2 N–H and O–H groups in total. The Bertz CT molecular complexity index is 470. The fourth-order valence-electron chi connectivity index (χ4n) is 1.63. The zero-order valence-corrected chi connectivity index (χ0v) is 11.5. The van der Waals surface area contributed by atoms with Crippen LogP contribution in [0.4, 0.5) is 5.69 Å². The first-order valence-electron chi connectivity index (χ1n) is 6.11. The first-order valence-corrected chi connectivity index (χ1v) is 6.11. The Morgan fingerprint density at radius 1 is 1.40 bits per heavy atom. The molecule has 0 fully saturated rings. The van der Waals surface area contributed by atoms with Crippen molar-refractivity contribution in [3.8, 4) is 5.75 Å². The number of nitro groups is 1. The number of rotatable bonds is 7. The van der Waals surface area contributed by atoms with Gasteiger partial charge in [-0.15, -0.1) is 0 Å². The number of ether oxygens (including phenoxy) is 2. The smallest absolute Gasteiger partial charge is 0.325 e. The van der Waals surface area contributed by atoms with E-state index in [9.17, 15) is 14.9 Å². The third-order valence-corrected chi connectivity index (χ3v) is 2.81. The molecule has 0 heterocycles. The molecule has 0 saturated carbocycles. The van der Waals surface area contributed by atoms with Crippen LogP contribution in [0.5, 0.6) is 5.75 Å². The van der Waals surface area contributed by atoms with Gasteiger partial charge in [0.25, 0.3) is 5.69 Å². The van der Waals surface area contributed by atoms with Crippen molar-refractivity contribution in [3.63, 3.8) is 0 Å². The summed E-state index contributed by atoms with van der Waals surface area (Å²) in [4.78, 5) is 21.4. The molecule has 7 nitrogen and oxygen atoms in total. The lowest BCUT2D eigenvalue weighted by atomic mass is 9.98. The Morgan fingerprint density at radius 2 is 2.00 bits per heavy atom. The zero-order chi connectivity index (χ0) is 15.2. The highest BCUT2D eigenvalue weighted by molar-refractivity contribution is 5.79. The second kappa shape index (κ2) is 6.85. The summed E-state index contributed by atoms with van der Waals surface area (Å²) in [6, 6.07) is 5.80. The van der Waals surface area contributed by atoms with E-state index in [4.69, 9.17) is 10.5 Å². The maximum absolute atomic E-state index is 11.3. The van der Waals surface area contributed by atoms with E-state index in [0.717, 1.165) is 0 Å². The summed E-state index contributed by atoms with van der Waals surface area (Å²) in [6.45, 7) is 1.96. The van der Waals surface area contributed by atoms with Crippen LogP contribution in [0.1, 0.15) is 19.8 Å². The molecule has 0 amide bonds. The topological polar surface area (TPSA) is 105 Å². The van der Waals surface area contributed by atoms with Gasteiger partial charge in [-0.25, -0.2) is 0 Å². The van der Waals surface area contributed by atoms with E-state index in [-0.39, 0.29) is 5.69 Å². The van der Waals surface area contributed by atoms with Gasteiger partial charge in [-0.05, 0) is 31.9 Å². The standard InChI is InChI=1S/C13H18N2O5/c1-13(14,12(16)19-2)8-3-9-20-11-6-4-10(5-7-11)15(17)18/h4-7H,3,8-9,14H2,1-2H3. The minimum absolute atomic E-state index is 0.0116. The molecule has 0 aliphatic heterocycles. The average molecular weight is 282 g/mol. The molecule has 110 valence electrons. The summed E-state index contributed by atoms with van der Waals surface area (Å²) in [5.74, 6) is 0.0697. The molecule has 0 aliphatic rings. The van der Waals surface area contributed by atoms with Gasteiger partial charge in [0.2, 0.25) is 0 Å². The van der Waals surface area contributed by atoms with E-state index in [1.165, 1.54) is 31.4 Å². The SMILES string of the molecule is COC(=O)C(C)(N)CCCOc1ccc([N+](=O)[O-])cc1. The first-order chi connectivity index (χ1) is 9.36. The molecule has 0 bridgehead atoms. The van der Waals surface area contributed by atoms with Gasteiger partial charge in [-0.3, -0.25) is 14.9 Å². The predicted molar refractivity (Wildman–Crippen MR) is 72.4 cm³/mol. The third-order valence-electron chi connectivity index (χ3n) is 2.81. The van der Waals surface area contributed by atoms with Crippen molar-refractivity contribution in [2.45, 2.75) is 25.3 Å². The van der Waals surface area contributed by atoms with Gasteiger partial charge in [-0.2, -0.15) is 0 Å². The summed E-state index contributed by atoms with van der Waals surface area (Å²) in [7, 11) is 1.29. The molecule has 0 aromatic heterocycles. The van der Waals surface area contributed by atoms with E-state index in [1.807, 2.05) is 0 Å². The first kappa shape index (κ1) is 15.9. The van der Waals surface area contributed by atoms with Gasteiger partial charge >= 0.3 is 5.97 Å². The van der Waals surface area contributed by atoms with Crippen molar-refractivity contribution in [2.24, 2.45) is 5.73 Å². The highest BCUT2D eigenvalue weighted by atomic mass is 16.6. The molecule has 1 rings (SSSR count). The highest BCUT2D eigenvalue weighted by Crippen LogP contribution is 2.18. The molecule has 1 aromatic carbocycles. The largest absolute Gasteiger partial charge is 0.494 e. The van der Waals surface area contributed by atoms with Crippen LogP contribution < -0.4 is 10.5 Å². The van der Waals surface area contributed by atoms with Crippen molar-refractivity contribution in [3.05, 3.63) is 34.4 Å². The van der Waals surface area contributed by atoms with Crippen LogP contribution in [0.15, 0.2) is 24.3 Å². The number of methoxy groups -OCH3 is 1. The summed E-state index contributed by atoms with van der Waals surface area (Å²) in [5.41, 5.74) is 4.78. The molecule has 0 saturated heterocycles. The average Bonchev–Trinajstić information content (AvgIpc) is 2.43. The van der Waals surface area contributed by atoms with Crippen LogP contribution in [0, 0.1) is 10.1 Å². The van der Waals surface area contributed by atoms with E-state index in [1.54, 1.807) is 6.92 Å². The Kier molecular flexibility index (Phi) is 5.45. The van der Waals surface area contributed by atoms with Crippen molar-refractivity contribution >= 4 is 11.7 Å². The molecule has 7 heteroatoms. The van der Waals surface area contributed by atoms with Crippen molar-refractivity contribution < 1.29 is 19.2 Å². The van der Waals surface area contributed by atoms with Crippen LogP contribution in [-0.4, -0.2) is 30.1 Å². The Hall–Kier alpha value is -2.15. The predicted octanol–water partition coefficient (Wildman–Crippen LogP) is 1.64. The van der Waals surface area contributed by atoms with Crippen molar-refractivity contribution in [1.29, 1.82) is 0 Å². The van der Waals surface area contributed by atoms with E-state index in [2.05, 4.69) is 4.74 Å². The highest BCUT2D eigenvalue weighted by Gasteiger charge is 2.28. The van der Waals surface area contributed by atoms with E-state index in [0.29, 0.717) is 25.2 Å². The molecule has 1 atom stereocenters. The van der Waals surface area contributed by atoms with E-state index >= 15 is 0 Å². The Balaban J connectivity index is 2.38. The lowest BCUT2D eigenvalue weighted by Gasteiger charge is -2.21. The number of esters is 1. The van der Waals surface area contributed by atoms with Gasteiger partial charge < -0.3 is 15.2 Å². The van der Waals surface area contributed by atoms with Crippen molar-refractivity contribution in [1.82, 2.24) is 0 Å².